The van der Waals surface area contributed by atoms with E-state index in [2.05, 4.69) is 0 Å². The second kappa shape index (κ2) is 5.77. The maximum atomic E-state index is 13.8. The Hall–Kier alpha value is -1.69. The van der Waals surface area contributed by atoms with Crippen LogP contribution in [0.5, 0.6) is 0 Å². The highest BCUT2D eigenvalue weighted by atomic mass is 32.1. The van der Waals surface area contributed by atoms with Gasteiger partial charge in [0.25, 0.3) is 0 Å². The molecule has 0 aromatic heterocycles. The van der Waals surface area contributed by atoms with Gasteiger partial charge < -0.3 is 16.4 Å². The quantitative estimate of drug-likeness (QED) is 0.787. The molecule has 1 amide bonds. The summed E-state index contributed by atoms with van der Waals surface area (Å²) in [6.07, 6.45) is 0. The summed E-state index contributed by atoms with van der Waals surface area (Å²) in [6, 6.07) is 4.46. The summed E-state index contributed by atoms with van der Waals surface area (Å²) in [5, 5.41) is 0. The number of primary amides is 1. The predicted molar refractivity (Wildman–Crippen MR) is 74.0 cm³/mol. The van der Waals surface area contributed by atoms with Gasteiger partial charge in [-0.3, -0.25) is 4.79 Å². The number of rotatable bonds is 5. The zero-order valence-electron chi connectivity index (χ0n) is 10.3. The molecule has 0 radical (unpaired) electrons. The fourth-order valence-corrected chi connectivity index (χ4v) is 1.91. The summed E-state index contributed by atoms with van der Waals surface area (Å²) < 4.78 is 13.8. The zero-order valence-corrected chi connectivity index (χ0v) is 11.1. The first-order chi connectivity index (χ1) is 8.34. The lowest BCUT2D eigenvalue weighted by molar-refractivity contribution is -0.116. The van der Waals surface area contributed by atoms with Gasteiger partial charge in [0, 0.05) is 6.04 Å². The van der Waals surface area contributed by atoms with E-state index in [1.807, 2.05) is 13.8 Å². The molecule has 4 nitrogen and oxygen atoms in total. The van der Waals surface area contributed by atoms with E-state index in [9.17, 15) is 9.18 Å². The van der Waals surface area contributed by atoms with Gasteiger partial charge in [0.2, 0.25) is 5.91 Å². The van der Waals surface area contributed by atoms with Crippen LogP contribution in [0.25, 0.3) is 0 Å². The number of benzene rings is 1. The molecule has 18 heavy (non-hydrogen) atoms. The van der Waals surface area contributed by atoms with Crippen molar-refractivity contribution in [2.45, 2.75) is 19.9 Å². The molecule has 6 heteroatoms. The van der Waals surface area contributed by atoms with Crippen LogP contribution in [0.2, 0.25) is 0 Å². The highest BCUT2D eigenvalue weighted by Crippen LogP contribution is 2.24. The fourth-order valence-electron chi connectivity index (χ4n) is 1.71. The molecule has 98 valence electrons. The first-order valence-corrected chi connectivity index (χ1v) is 5.88. The summed E-state index contributed by atoms with van der Waals surface area (Å²) in [7, 11) is 0. The number of halogens is 1. The van der Waals surface area contributed by atoms with Gasteiger partial charge in [-0.15, -0.1) is 0 Å². The maximum Gasteiger partial charge on any atom is 0.236 e. The number of amides is 1. The molecule has 1 aromatic rings. The summed E-state index contributed by atoms with van der Waals surface area (Å²) >= 11 is 4.85. The second-order valence-electron chi connectivity index (χ2n) is 4.19. The molecule has 0 saturated carbocycles. The van der Waals surface area contributed by atoms with E-state index in [0.29, 0.717) is 5.69 Å². The minimum atomic E-state index is -0.505. The highest BCUT2D eigenvalue weighted by molar-refractivity contribution is 7.80. The van der Waals surface area contributed by atoms with Crippen LogP contribution in [0.1, 0.15) is 19.4 Å². The van der Waals surface area contributed by atoms with Crippen molar-refractivity contribution in [3.8, 4) is 0 Å². The van der Waals surface area contributed by atoms with E-state index in [1.54, 1.807) is 17.0 Å². The predicted octanol–water partition coefficient (Wildman–Crippen LogP) is 1.16. The fraction of sp³-hybridized carbons (Fsp3) is 0.333. The molecular formula is C12H16FN3OS. The zero-order chi connectivity index (χ0) is 13.9. The van der Waals surface area contributed by atoms with Crippen molar-refractivity contribution < 1.29 is 9.18 Å². The lowest BCUT2D eigenvalue weighted by Gasteiger charge is -2.29. The monoisotopic (exact) mass is 269 g/mol. The molecule has 0 heterocycles. The van der Waals surface area contributed by atoms with Crippen LogP contribution in [0.15, 0.2) is 18.2 Å². The molecule has 0 saturated heterocycles. The molecule has 0 fully saturated rings. The summed E-state index contributed by atoms with van der Waals surface area (Å²) in [5.74, 6) is -1.00. The van der Waals surface area contributed by atoms with Crippen LogP contribution in [0, 0.1) is 5.82 Å². The lowest BCUT2D eigenvalue weighted by atomic mass is 10.1. The topological polar surface area (TPSA) is 72.3 Å². The van der Waals surface area contributed by atoms with Crippen molar-refractivity contribution in [1.29, 1.82) is 0 Å². The Morgan fingerprint density at radius 1 is 1.44 bits per heavy atom. The van der Waals surface area contributed by atoms with E-state index in [0.717, 1.165) is 0 Å². The van der Waals surface area contributed by atoms with Gasteiger partial charge in [-0.2, -0.15) is 0 Å². The molecule has 0 spiro atoms. The van der Waals surface area contributed by atoms with Crippen molar-refractivity contribution in [3.63, 3.8) is 0 Å². The number of nitrogens with two attached hydrogens (primary N) is 2. The van der Waals surface area contributed by atoms with Gasteiger partial charge in [-0.25, -0.2) is 4.39 Å². The number of nitrogens with zero attached hydrogens (tertiary/aromatic N) is 1. The molecule has 0 aliphatic rings. The number of carbonyl (C=O) groups excluding carboxylic acids is 1. The first kappa shape index (κ1) is 14.4. The maximum absolute atomic E-state index is 13.8. The molecule has 0 unspecified atom stereocenters. The van der Waals surface area contributed by atoms with E-state index >= 15 is 0 Å². The van der Waals surface area contributed by atoms with Gasteiger partial charge >= 0.3 is 0 Å². The number of hydrogen-bond acceptors (Lipinski definition) is 3. The van der Waals surface area contributed by atoms with Crippen LogP contribution >= 0.6 is 12.2 Å². The van der Waals surface area contributed by atoms with Gasteiger partial charge in [-0.1, -0.05) is 18.3 Å². The summed E-state index contributed by atoms with van der Waals surface area (Å²) in [6.45, 7) is 3.73. The molecule has 0 aliphatic carbocycles. The second-order valence-corrected chi connectivity index (χ2v) is 4.63. The Morgan fingerprint density at radius 3 is 2.50 bits per heavy atom. The SMILES string of the molecule is CC(C)N(CC(N)=O)c1cccc(F)c1C(N)=S. The molecule has 0 atom stereocenters. The lowest BCUT2D eigenvalue weighted by Crippen LogP contribution is -2.39. The van der Waals surface area contributed by atoms with Gasteiger partial charge in [-0.05, 0) is 26.0 Å². The Labute approximate surface area is 111 Å². The van der Waals surface area contributed by atoms with Crippen molar-refractivity contribution in [1.82, 2.24) is 0 Å². The highest BCUT2D eigenvalue weighted by Gasteiger charge is 2.20. The molecule has 1 aromatic carbocycles. The van der Waals surface area contributed by atoms with Crippen LogP contribution in [0.3, 0.4) is 0 Å². The van der Waals surface area contributed by atoms with Crippen molar-refractivity contribution >= 4 is 28.8 Å². The van der Waals surface area contributed by atoms with E-state index in [4.69, 9.17) is 23.7 Å². The molecule has 0 aliphatic heterocycles. The third-order valence-corrected chi connectivity index (χ3v) is 2.70. The number of anilines is 1. The third-order valence-electron chi connectivity index (χ3n) is 2.50. The third kappa shape index (κ3) is 3.16. The smallest absolute Gasteiger partial charge is 0.236 e. The van der Waals surface area contributed by atoms with Gasteiger partial charge in [0.15, 0.2) is 0 Å². The Morgan fingerprint density at radius 2 is 2.06 bits per heavy atom. The van der Waals surface area contributed by atoms with E-state index in [1.165, 1.54) is 6.07 Å². The van der Waals surface area contributed by atoms with Gasteiger partial charge in [0.05, 0.1) is 17.8 Å². The Kier molecular flexibility index (Phi) is 4.61. The number of carbonyl (C=O) groups is 1. The summed E-state index contributed by atoms with van der Waals surface area (Å²) in [5.41, 5.74) is 11.4. The first-order valence-electron chi connectivity index (χ1n) is 5.47. The standard InChI is InChI=1S/C12H16FN3OS/c1-7(2)16(6-10(14)17)9-5-3-4-8(13)11(9)12(15)18/h3-5,7H,6H2,1-2H3,(H2,14,17)(H2,15,18). The minimum Gasteiger partial charge on any atom is -0.389 e. The van der Waals surface area contributed by atoms with E-state index < -0.39 is 11.7 Å². The Balaban J connectivity index is 3.32. The van der Waals surface area contributed by atoms with E-state index in [-0.39, 0.29) is 23.1 Å². The average molecular weight is 269 g/mol. The van der Waals surface area contributed by atoms with Gasteiger partial charge in [0.1, 0.15) is 10.8 Å². The molecule has 4 N–H and O–H groups in total. The molecule has 0 bridgehead atoms. The number of thiocarbonyl (C=S) groups is 1. The van der Waals surface area contributed by atoms with Crippen molar-refractivity contribution in [2.75, 3.05) is 11.4 Å². The van der Waals surface area contributed by atoms with Crippen molar-refractivity contribution in [3.05, 3.63) is 29.6 Å². The number of hydrogen-bond donors (Lipinski definition) is 2. The summed E-state index contributed by atoms with van der Waals surface area (Å²) in [4.78, 5) is 12.7. The minimum absolute atomic E-state index is 0.0171. The van der Waals surface area contributed by atoms with Crippen LogP contribution < -0.4 is 16.4 Å². The normalized spacial score (nSPS) is 10.4. The Bertz CT molecular complexity index is 476. The molecular weight excluding hydrogens is 253 g/mol. The molecule has 1 rings (SSSR count). The van der Waals surface area contributed by atoms with Crippen LogP contribution in [0.4, 0.5) is 10.1 Å². The average Bonchev–Trinajstić information content (AvgIpc) is 2.24. The largest absolute Gasteiger partial charge is 0.389 e. The van der Waals surface area contributed by atoms with Crippen LogP contribution in [-0.4, -0.2) is 23.5 Å². The van der Waals surface area contributed by atoms with Crippen LogP contribution in [-0.2, 0) is 4.79 Å². The van der Waals surface area contributed by atoms with Crippen molar-refractivity contribution in [2.24, 2.45) is 11.5 Å².